The number of likely N-dealkylation sites (N-methyl/N-ethyl adjacent to an activating group) is 1. The number of amides is 1. The highest BCUT2D eigenvalue weighted by atomic mass is 16.3. The number of carbonyl (C=O) groups excluding carboxylic acids is 4. The number of Topliss-reactive ketones (excluding diaryl/α,β-unsaturated/α-hetero) is 3. The van der Waals surface area contributed by atoms with Crippen LogP contribution >= 0.6 is 0 Å². The van der Waals surface area contributed by atoms with Gasteiger partial charge in [-0.2, -0.15) is 0 Å². The van der Waals surface area contributed by atoms with Crippen molar-refractivity contribution < 1.29 is 34.5 Å². The van der Waals surface area contributed by atoms with Crippen LogP contribution in [0.4, 0.5) is 0 Å². The fraction of sp³-hybridized carbons (Fsp3) is 0.471. The molecule has 1 amide bonds. The third kappa shape index (κ3) is 4.39. The maximum Gasteiger partial charge on any atom is 0.230 e. The molecule has 0 bridgehead atoms. The van der Waals surface area contributed by atoms with Gasteiger partial charge in [0.05, 0.1) is 17.6 Å². The maximum absolute atomic E-state index is 14.0. The average molecular weight is 587 g/mol. The number of aliphatic hydroxyl groups is 2. The van der Waals surface area contributed by atoms with Crippen LogP contribution in [0.2, 0.25) is 0 Å². The van der Waals surface area contributed by atoms with Crippen LogP contribution in [0.5, 0.6) is 5.75 Å². The number of phenolic OH excluding ortho intramolecular Hbond substituents is 1. The Hall–Kier alpha value is -3.66. The highest BCUT2D eigenvalue weighted by Gasteiger charge is 2.69. The number of carbonyl (C=O) groups is 4. The number of hydrogen-bond donors (Lipinski definition) is 4. The zero-order valence-corrected chi connectivity index (χ0v) is 24.6. The van der Waals surface area contributed by atoms with Crippen LogP contribution in [0.25, 0.3) is 17.2 Å². The SMILES string of the molecule is CC1CCCC1=Cc1ccc(-c2ccc(O)c3c2C[C@@H]2C[C@@H]4[C@@H](N(C)C)C(O)C(C(N)=O)C(=O)[C@]4(O)C(=O)C2C3=O)cc1. The number of aromatic hydroxyl groups is 1. The molecule has 9 heteroatoms. The smallest absolute Gasteiger partial charge is 0.230 e. The molecule has 8 atom stereocenters. The number of nitrogens with two attached hydrogens (primary N) is 1. The molecular weight excluding hydrogens is 548 g/mol. The molecule has 0 heterocycles. The maximum atomic E-state index is 14.0. The summed E-state index contributed by atoms with van der Waals surface area (Å²) in [7, 11) is 3.26. The molecule has 9 nitrogen and oxygen atoms in total. The second kappa shape index (κ2) is 10.5. The minimum atomic E-state index is -2.67. The highest BCUT2D eigenvalue weighted by molar-refractivity contribution is 6.25. The molecule has 4 aliphatic rings. The van der Waals surface area contributed by atoms with Crippen molar-refractivity contribution >= 4 is 29.3 Å². The second-order valence-electron chi connectivity index (χ2n) is 13.1. The van der Waals surface area contributed by atoms with Crippen molar-refractivity contribution in [2.24, 2.45) is 35.3 Å². The van der Waals surface area contributed by atoms with Crippen molar-refractivity contribution in [1.82, 2.24) is 4.90 Å². The van der Waals surface area contributed by atoms with Gasteiger partial charge in [-0.25, -0.2) is 0 Å². The normalized spacial score (nSPS) is 34.7. The van der Waals surface area contributed by atoms with Crippen molar-refractivity contribution in [3.05, 3.63) is 58.7 Å². The zero-order chi connectivity index (χ0) is 31.0. The Bertz CT molecular complexity index is 1560. The Morgan fingerprint density at radius 3 is 2.37 bits per heavy atom. The van der Waals surface area contributed by atoms with Crippen LogP contribution in [0.15, 0.2) is 42.0 Å². The fourth-order valence-corrected chi connectivity index (χ4v) is 8.32. The quantitative estimate of drug-likeness (QED) is 0.398. The minimum absolute atomic E-state index is 0.0130. The molecule has 3 saturated carbocycles. The Labute approximate surface area is 250 Å². The predicted molar refractivity (Wildman–Crippen MR) is 159 cm³/mol. The van der Waals surface area contributed by atoms with Crippen LogP contribution in [0.3, 0.4) is 0 Å². The molecule has 6 rings (SSSR count). The zero-order valence-electron chi connectivity index (χ0n) is 24.6. The van der Waals surface area contributed by atoms with Crippen LogP contribution in [-0.2, 0) is 20.8 Å². The number of fused-ring (bicyclic) bond motifs is 3. The molecule has 2 aromatic carbocycles. The lowest BCUT2D eigenvalue weighted by atomic mass is 9.52. The Morgan fingerprint density at radius 2 is 1.77 bits per heavy atom. The van der Waals surface area contributed by atoms with Gasteiger partial charge in [0.2, 0.25) is 5.91 Å². The van der Waals surface area contributed by atoms with Crippen LogP contribution in [-0.4, -0.2) is 75.3 Å². The van der Waals surface area contributed by atoms with Crippen molar-refractivity contribution in [2.75, 3.05) is 14.1 Å². The van der Waals surface area contributed by atoms with E-state index >= 15 is 0 Å². The molecule has 0 aliphatic heterocycles. The van der Waals surface area contributed by atoms with Gasteiger partial charge < -0.3 is 26.0 Å². The summed E-state index contributed by atoms with van der Waals surface area (Å²) in [4.78, 5) is 55.3. The average Bonchev–Trinajstić information content (AvgIpc) is 3.35. The highest BCUT2D eigenvalue weighted by Crippen LogP contribution is 2.52. The summed E-state index contributed by atoms with van der Waals surface area (Å²) in [6.45, 7) is 2.25. The monoisotopic (exact) mass is 586 g/mol. The third-order valence-corrected chi connectivity index (χ3v) is 10.5. The van der Waals surface area contributed by atoms with Gasteiger partial charge in [0.1, 0.15) is 11.7 Å². The van der Waals surface area contributed by atoms with Gasteiger partial charge in [0.15, 0.2) is 23.0 Å². The van der Waals surface area contributed by atoms with E-state index in [4.69, 9.17) is 5.73 Å². The summed E-state index contributed by atoms with van der Waals surface area (Å²) < 4.78 is 0. The standard InChI is InChI=1S/C34H38N2O7/c1-16-5-4-6-19(16)13-17-7-9-18(10-8-17)21-11-12-24(37)26-22(21)14-20-15-23-28(36(2)3)30(39)27(33(35)42)32(41)34(23,43)31(40)25(20)29(26)38/h7-13,16,20,23,25,27-28,30,37,39,43H,4-6,14-15H2,1-3H3,(H2,35,42)/t16?,20-,23-,25?,27?,28-,30?,34-/m1/s1. The molecule has 3 fully saturated rings. The molecule has 0 aromatic heterocycles. The van der Waals surface area contributed by atoms with E-state index in [0.717, 1.165) is 23.1 Å². The van der Waals surface area contributed by atoms with Gasteiger partial charge in [0, 0.05) is 12.0 Å². The first-order chi connectivity index (χ1) is 20.4. The Morgan fingerprint density at radius 1 is 1.07 bits per heavy atom. The first-order valence-corrected chi connectivity index (χ1v) is 15.0. The van der Waals surface area contributed by atoms with E-state index < -0.39 is 64.7 Å². The summed E-state index contributed by atoms with van der Waals surface area (Å²) in [5.74, 6) is -8.48. The van der Waals surface area contributed by atoms with Gasteiger partial charge in [-0.05, 0) is 86.4 Å². The summed E-state index contributed by atoms with van der Waals surface area (Å²) in [5, 5.41) is 33.7. The van der Waals surface area contributed by atoms with Gasteiger partial charge in [-0.3, -0.25) is 19.2 Å². The number of aliphatic hydroxyl groups excluding tert-OH is 1. The molecule has 5 N–H and O–H groups in total. The van der Waals surface area contributed by atoms with Crippen molar-refractivity contribution in [1.29, 1.82) is 0 Å². The molecule has 0 radical (unpaired) electrons. The van der Waals surface area contributed by atoms with E-state index in [9.17, 15) is 34.5 Å². The Kier molecular flexibility index (Phi) is 7.18. The van der Waals surface area contributed by atoms with Crippen LogP contribution in [0, 0.1) is 29.6 Å². The molecule has 2 aromatic rings. The summed E-state index contributed by atoms with van der Waals surface area (Å²) in [5.41, 5.74) is 7.56. The number of nitrogens with zero attached hydrogens (tertiary/aromatic N) is 1. The van der Waals surface area contributed by atoms with Crippen molar-refractivity contribution in [3.8, 4) is 16.9 Å². The van der Waals surface area contributed by atoms with E-state index in [2.05, 4.69) is 13.0 Å². The van der Waals surface area contributed by atoms with E-state index in [0.29, 0.717) is 11.5 Å². The Balaban J connectivity index is 1.40. The van der Waals surface area contributed by atoms with Gasteiger partial charge in [0.25, 0.3) is 0 Å². The fourth-order valence-electron chi connectivity index (χ4n) is 8.32. The van der Waals surface area contributed by atoms with Crippen molar-refractivity contribution in [3.63, 3.8) is 0 Å². The predicted octanol–water partition coefficient (Wildman–Crippen LogP) is 2.53. The summed E-state index contributed by atoms with van der Waals surface area (Å²) >= 11 is 0. The molecular formula is C34H38N2O7. The summed E-state index contributed by atoms with van der Waals surface area (Å²) in [6.07, 6.45) is 4.55. The number of phenols is 1. The topological polar surface area (TPSA) is 158 Å². The first kappa shape index (κ1) is 29.4. The molecule has 0 saturated heterocycles. The van der Waals surface area contributed by atoms with E-state index in [1.54, 1.807) is 25.1 Å². The number of benzene rings is 2. The number of rotatable bonds is 4. The lowest BCUT2D eigenvalue weighted by Gasteiger charge is -2.54. The van der Waals surface area contributed by atoms with E-state index in [1.807, 2.05) is 24.3 Å². The van der Waals surface area contributed by atoms with Crippen LogP contribution < -0.4 is 5.73 Å². The first-order valence-electron chi connectivity index (χ1n) is 15.0. The van der Waals surface area contributed by atoms with Crippen LogP contribution in [0.1, 0.15) is 54.1 Å². The number of hydrogen-bond acceptors (Lipinski definition) is 8. The molecule has 4 unspecified atom stereocenters. The second-order valence-corrected chi connectivity index (χ2v) is 13.1. The lowest BCUT2D eigenvalue weighted by molar-refractivity contribution is -0.190. The minimum Gasteiger partial charge on any atom is -0.507 e. The van der Waals surface area contributed by atoms with Gasteiger partial charge in [-0.15, -0.1) is 0 Å². The lowest BCUT2D eigenvalue weighted by Crippen LogP contribution is -2.75. The third-order valence-electron chi connectivity index (χ3n) is 10.5. The number of primary amides is 1. The van der Waals surface area contributed by atoms with Gasteiger partial charge in [-0.1, -0.05) is 48.9 Å². The molecule has 0 spiro atoms. The van der Waals surface area contributed by atoms with E-state index in [1.165, 1.54) is 24.5 Å². The largest absolute Gasteiger partial charge is 0.507 e. The van der Waals surface area contributed by atoms with Gasteiger partial charge >= 0.3 is 0 Å². The summed E-state index contributed by atoms with van der Waals surface area (Å²) in [6, 6.07) is 10.3. The molecule has 4 aliphatic carbocycles. The van der Waals surface area contributed by atoms with E-state index in [-0.39, 0.29) is 24.2 Å². The molecule has 226 valence electrons. The number of allylic oxidation sites excluding steroid dienone is 1. The van der Waals surface area contributed by atoms with Crippen molar-refractivity contribution in [2.45, 2.75) is 56.8 Å². The molecule has 43 heavy (non-hydrogen) atoms. The number of ketones is 3.